The number of carbonyl (C=O) groups excluding carboxylic acids is 2. The monoisotopic (exact) mass is 364 g/mol. The van der Waals surface area contributed by atoms with Crippen LogP contribution in [0, 0.1) is 5.92 Å². The van der Waals surface area contributed by atoms with Gasteiger partial charge >= 0.3 is 5.63 Å². The summed E-state index contributed by atoms with van der Waals surface area (Å²) in [7, 11) is 0. The van der Waals surface area contributed by atoms with Crippen molar-refractivity contribution >= 4 is 34.2 Å². The van der Waals surface area contributed by atoms with Crippen LogP contribution < -0.4 is 16.3 Å². The molecule has 0 aliphatic heterocycles. The number of hydrogen-bond acceptors (Lipinski definition) is 4. The van der Waals surface area contributed by atoms with Gasteiger partial charge in [0.1, 0.15) is 11.1 Å². The van der Waals surface area contributed by atoms with Gasteiger partial charge in [-0.3, -0.25) is 9.59 Å². The second kappa shape index (κ2) is 7.86. The Morgan fingerprint density at radius 1 is 0.963 bits per heavy atom. The van der Waals surface area contributed by atoms with Gasteiger partial charge in [-0.2, -0.15) is 0 Å². The van der Waals surface area contributed by atoms with Crippen molar-refractivity contribution in [1.82, 2.24) is 0 Å². The van der Waals surface area contributed by atoms with Crippen LogP contribution in [-0.2, 0) is 4.79 Å². The fraction of sp³-hybridized carbons (Fsp3) is 0.190. The Bertz CT molecular complexity index is 1040. The molecule has 2 amide bonds. The molecule has 0 saturated carbocycles. The first-order valence-corrected chi connectivity index (χ1v) is 8.66. The third-order valence-corrected chi connectivity index (χ3v) is 3.91. The van der Waals surface area contributed by atoms with Crippen molar-refractivity contribution in [1.29, 1.82) is 0 Å². The molecular weight excluding hydrogens is 344 g/mol. The van der Waals surface area contributed by atoms with Gasteiger partial charge in [0, 0.05) is 23.2 Å². The summed E-state index contributed by atoms with van der Waals surface area (Å²) in [4.78, 5) is 36.3. The van der Waals surface area contributed by atoms with E-state index in [1.807, 2.05) is 13.8 Å². The van der Waals surface area contributed by atoms with Gasteiger partial charge in [-0.05, 0) is 42.3 Å². The molecule has 6 heteroatoms. The van der Waals surface area contributed by atoms with E-state index < -0.39 is 11.5 Å². The van der Waals surface area contributed by atoms with E-state index in [2.05, 4.69) is 10.6 Å². The second-order valence-corrected chi connectivity index (χ2v) is 6.66. The van der Waals surface area contributed by atoms with Crippen LogP contribution >= 0.6 is 0 Å². The minimum Gasteiger partial charge on any atom is -0.422 e. The van der Waals surface area contributed by atoms with Gasteiger partial charge in [-0.25, -0.2) is 4.79 Å². The van der Waals surface area contributed by atoms with Crippen molar-refractivity contribution in [3.8, 4) is 0 Å². The summed E-state index contributed by atoms with van der Waals surface area (Å²) in [5, 5.41) is 6.13. The highest BCUT2D eigenvalue weighted by Crippen LogP contribution is 2.17. The number of anilines is 2. The standard InChI is InChI=1S/C21H20N2O4/c1-13(2)11-19(24)22-15-7-9-16(10-8-15)23-20(25)17-12-14-5-3-4-6-18(14)27-21(17)26/h3-10,12-13H,11H2,1-2H3,(H,22,24)(H,23,25). The number of nitrogens with one attached hydrogen (secondary N) is 2. The molecule has 27 heavy (non-hydrogen) atoms. The van der Waals surface area contributed by atoms with Crippen LogP contribution in [0.2, 0.25) is 0 Å². The summed E-state index contributed by atoms with van der Waals surface area (Å²) < 4.78 is 5.18. The SMILES string of the molecule is CC(C)CC(=O)Nc1ccc(NC(=O)c2cc3ccccc3oc2=O)cc1. The van der Waals surface area contributed by atoms with Gasteiger partial charge in [0.25, 0.3) is 5.91 Å². The minimum absolute atomic E-state index is 0.0597. The van der Waals surface area contributed by atoms with Gasteiger partial charge in [0.15, 0.2) is 0 Å². The molecule has 3 aromatic rings. The van der Waals surface area contributed by atoms with E-state index in [1.54, 1.807) is 48.5 Å². The Kier molecular flexibility index (Phi) is 5.35. The molecule has 0 fully saturated rings. The Morgan fingerprint density at radius 3 is 2.26 bits per heavy atom. The Balaban J connectivity index is 1.72. The lowest BCUT2D eigenvalue weighted by Crippen LogP contribution is -2.20. The fourth-order valence-electron chi connectivity index (χ4n) is 2.64. The lowest BCUT2D eigenvalue weighted by atomic mass is 10.1. The topological polar surface area (TPSA) is 88.4 Å². The molecule has 0 aliphatic carbocycles. The van der Waals surface area contributed by atoms with Crippen LogP contribution in [-0.4, -0.2) is 11.8 Å². The van der Waals surface area contributed by atoms with E-state index in [9.17, 15) is 14.4 Å². The highest BCUT2D eigenvalue weighted by molar-refractivity contribution is 6.05. The van der Waals surface area contributed by atoms with E-state index in [0.29, 0.717) is 28.8 Å². The first kappa shape index (κ1) is 18.4. The molecule has 0 radical (unpaired) electrons. The maximum absolute atomic E-state index is 12.4. The zero-order valence-electron chi connectivity index (χ0n) is 15.1. The van der Waals surface area contributed by atoms with E-state index in [4.69, 9.17) is 4.42 Å². The maximum atomic E-state index is 12.4. The molecule has 2 N–H and O–H groups in total. The van der Waals surface area contributed by atoms with E-state index in [0.717, 1.165) is 0 Å². The molecule has 6 nitrogen and oxygen atoms in total. The zero-order chi connectivity index (χ0) is 19.4. The maximum Gasteiger partial charge on any atom is 0.349 e. The molecule has 3 rings (SSSR count). The summed E-state index contributed by atoms with van der Waals surface area (Å²) in [5.41, 5.74) is 0.825. The molecule has 2 aromatic carbocycles. The van der Waals surface area contributed by atoms with Gasteiger partial charge in [-0.1, -0.05) is 32.0 Å². The molecule has 1 heterocycles. The number of carbonyl (C=O) groups is 2. The normalized spacial score (nSPS) is 10.8. The van der Waals surface area contributed by atoms with Gasteiger partial charge in [0.05, 0.1) is 0 Å². The first-order chi connectivity index (χ1) is 12.9. The van der Waals surface area contributed by atoms with Crippen molar-refractivity contribution in [2.75, 3.05) is 10.6 Å². The molecule has 0 saturated heterocycles. The molecule has 0 aliphatic rings. The highest BCUT2D eigenvalue weighted by Gasteiger charge is 2.14. The quantitative estimate of drug-likeness (QED) is 0.669. The van der Waals surface area contributed by atoms with Gasteiger partial charge < -0.3 is 15.1 Å². The van der Waals surface area contributed by atoms with Crippen molar-refractivity contribution in [2.24, 2.45) is 5.92 Å². The number of para-hydroxylation sites is 1. The molecular formula is C21H20N2O4. The average molecular weight is 364 g/mol. The van der Waals surface area contributed by atoms with Crippen LogP contribution in [0.15, 0.2) is 63.8 Å². The van der Waals surface area contributed by atoms with Crippen molar-refractivity contribution in [2.45, 2.75) is 20.3 Å². The third-order valence-electron chi connectivity index (χ3n) is 3.91. The number of benzene rings is 2. The predicted molar refractivity (Wildman–Crippen MR) is 105 cm³/mol. The fourth-order valence-corrected chi connectivity index (χ4v) is 2.64. The van der Waals surface area contributed by atoms with Crippen LogP contribution in [0.3, 0.4) is 0 Å². The molecule has 1 aromatic heterocycles. The predicted octanol–water partition coefficient (Wildman–Crippen LogP) is 4.03. The lowest BCUT2D eigenvalue weighted by molar-refractivity contribution is -0.116. The molecule has 0 atom stereocenters. The number of rotatable bonds is 5. The molecule has 0 spiro atoms. The number of fused-ring (bicyclic) bond motifs is 1. The Morgan fingerprint density at radius 2 is 1.59 bits per heavy atom. The molecule has 138 valence electrons. The summed E-state index contributed by atoms with van der Waals surface area (Å²) in [6, 6.07) is 15.2. The smallest absolute Gasteiger partial charge is 0.349 e. The van der Waals surface area contributed by atoms with Gasteiger partial charge in [-0.15, -0.1) is 0 Å². The van der Waals surface area contributed by atoms with Crippen LogP contribution in [0.5, 0.6) is 0 Å². The summed E-state index contributed by atoms with van der Waals surface area (Å²) in [6.07, 6.45) is 0.441. The van der Waals surface area contributed by atoms with Crippen molar-refractivity contribution in [3.05, 3.63) is 70.6 Å². The highest BCUT2D eigenvalue weighted by atomic mass is 16.4. The van der Waals surface area contributed by atoms with E-state index >= 15 is 0 Å². The van der Waals surface area contributed by atoms with E-state index in [-0.39, 0.29) is 17.4 Å². The Hall–Kier alpha value is -3.41. The third kappa shape index (κ3) is 4.61. The summed E-state index contributed by atoms with van der Waals surface area (Å²) >= 11 is 0. The lowest BCUT2D eigenvalue weighted by Gasteiger charge is -2.09. The number of hydrogen-bond donors (Lipinski definition) is 2. The van der Waals surface area contributed by atoms with Gasteiger partial charge in [0.2, 0.25) is 5.91 Å². The molecule has 0 unspecified atom stereocenters. The first-order valence-electron chi connectivity index (χ1n) is 8.66. The Labute approximate surface area is 156 Å². The largest absolute Gasteiger partial charge is 0.422 e. The van der Waals surface area contributed by atoms with Crippen molar-refractivity contribution < 1.29 is 14.0 Å². The average Bonchev–Trinajstić information content (AvgIpc) is 2.62. The minimum atomic E-state index is -0.691. The molecule has 0 bridgehead atoms. The summed E-state index contributed by atoms with van der Waals surface area (Å²) in [6.45, 7) is 3.95. The van der Waals surface area contributed by atoms with E-state index in [1.165, 1.54) is 6.07 Å². The summed E-state index contributed by atoms with van der Waals surface area (Å²) in [5.74, 6) is -0.334. The second-order valence-electron chi connectivity index (χ2n) is 6.66. The zero-order valence-corrected chi connectivity index (χ0v) is 15.1. The number of amides is 2. The van der Waals surface area contributed by atoms with Crippen LogP contribution in [0.25, 0.3) is 11.0 Å². The van der Waals surface area contributed by atoms with Crippen LogP contribution in [0.1, 0.15) is 30.6 Å². The van der Waals surface area contributed by atoms with Crippen LogP contribution in [0.4, 0.5) is 11.4 Å². The van der Waals surface area contributed by atoms with Crippen molar-refractivity contribution in [3.63, 3.8) is 0 Å².